The molecule has 1 heterocycles. The van der Waals surface area contributed by atoms with Gasteiger partial charge in [-0.3, -0.25) is 9.78 Å². The molecular weight excluding hydrogens is 312 g/mol. The zero-order valence-electron chi connectivity index (χ0n) is 14.5. The Balaban J connectivity index is 2.20. The standard InChI is InChI=1S/C21H20N2O2/c1-3-21(14-22,20(24)25-4-2)13-19-17-11-6-5-9-15(17)16-10-7-8-12-18(16)23-19/h5-12H,3-4,13H2,1-2H3. The van der Waals surface area contributed by atoms with E-state index in [0.717, 1.165) is 27.4 Å². The number of esters is 1. The molecule has 0 aliphatic carbocycles. The first-order valence-electron chi connectivity index (χ1n) is 8.50. The largest absolute Gasteiger partial charge is 0.465 e. The van der Waals surface area contributed by atoms with Crippen LogP contribution in [0.3, 0.4) is 0 Å². The van der Waals surface area contributed by atoms with E-state index < -0.39 is 11.4 Å². The highest BCUT2D eigenvalue weighted by Gasteiger charge is 2.39. The Bertz CT molecular complexity index is 974. The van der Waals surface area contributed by atoms with E-state index in [1.165, 1.54) is 0 Å². The molecule has 3 rings (SSSR count). The Morgan fingerprint density at radius 2 is 1.72 bits per heavy atom. The van der Waals surface area contributed by atoms with E-state index in [1.54, 1.807) is 6.92 Å². The fraction of sp³-hybridized carbons (Fsp3) is 0.286. The fourth-order valence-electron chi connectivity index (χ4n) is 3.17. The number of para-hydroxylation sites is 1. The van der Waals surface area contributed by atoms with Crippen LogP contribution < -0.4 is 0 Å². The molecule has 1 aromatic heterocycles. The van der Waals surface area contributed by atoms with E-state index in [-0.39, 0.29) is 13.0 Å². The Morgan fingerprint density at radius 3 is 2.36 bits per heavy atom. The van der Waals surface area contributed by atoms with Gasteiger partial charge in [0.25, 0.3) is 0 Å². The molecule has 4 nitrogen and oxygen atoms in total. The molecule has 0 aliphatic heterocycles. The van der Waals surface area contributed by atoms with Gasteiger partial charge in [-0.2, -0.15) is 5.26 Å². The Labute approximate surface area is 147 Å². The van der Waals surface area contributed by atoms with Crippen molar-refractivity contribution >= 4 is 27.6 Å². The van der Waals surface area contributed by atoms with Gasteiger partial charge in [0.15, 0.2) is 5.41 Å². The molecule has 0 radical (unpaired) electrons. The Morgan fingerprint density at radius 1 is 1.08 bits per heavy atom. The van der Waals surface area contributed by atoms with Crippen molar-refractivity contribution in [1.29, 1.82) is 5.26 Å². The summed E-state index contributed by atoms with van der Waals surface area (Å²) in [4.78, 5) is 17.2. The highest BCUT2D eigenvalue weighted by molar-refractivity contribution is 6.06. The second kappa shape index (κ2) is 6.90. The summed E-state index contributed by atoms with van der Waals surface area (Å²) in [5.74, 6) is -0.473. The maximum absolute atomic E-state index is 12.5. The second-order valence-electron chi connectivity index (χ2n) is 6.07. The van der Waals surface area contributed by atoms with Crippen molar-refractivity contribution < 1.29 is 9.53 Å². The van der Waals surface area contributed by atoms with Crippen molar-refractivity contribution in [2.75, 3.05) is 6.61 Å². The molecule has 0 N–H and O–H groups in total. The number of nitriles is 1. The van der Waals surface area contributed by atoms with Gasteiger partial charge in [0, 0.05) is 17.2 Å². The van der Waals surface area contributed by atoms with Crippen molar-refractivity contribution in [2.45, 2.75) is 26.7 Å². The summed E-state index contributed by atoms with van der Waals surface area (Å²) in [5.41, 5.74) is 0.405. The molecule has 0 fully saturated rings. The average Bonchev–Trinajstić information content (AvgIpc) is 2.66. The Hall–Kier alpha value is -2.93. The molecule has 0 aliphatic rings. The van der Waals surface area contributed by atoms with Crippen LogP contribution in [-0.4, -0.2) is 17.6 Å². The summed E-state index contributed by atoms with van der Waals surface area (Å²) in [6, 6.07) is 18.1. The van der Waals surface area contributed by atoms with Gasteiger partial charge in [-0.05, 0) is 24.8 Å². The van der Waals surface area contributed by atoms with Crippen molar-refractivity contribution in [3.63, 3.8) is 0 Å². The van der Waals surface area contributed by atoms with E-state index in [1.807, 2.05) is 55.5 Å². The van der Waals surface area contributed by atoms with Crippen LogP contribution >= 0.6 is 0 Å². The summed E-state index contributed by atoms with van der Waals surface area (Å²) >= 11 is 0. The predicted molar refractivity (Wildman–Crippen MR) is 97.9 cm³/mol. The van der Waals surface area contributed by atoms with E-state index in [4.69, 9.17) is 9.72 Å². The van der Waals surface area contributed by atoms with Crippen LogP contribution in [0, 0.1) is 16.7 Å². The third-order valence-electron chi connectivity index (χ3n) is 4.64. The van der Waals surface area contributed by atoms with Gasteiger partial charge in [-0.25, -0.2) is 0 Å². The lowest BCUT2D eigenvalue weighted by Gasteiger charge is -2.23. The highest BCUT2D eigenvalue weighted by Crippen LogP contribution is 2.33. The molecule has 2 aromatic carbocycles. The summed E-state index contributed by atoms with van der Waals surface area (Å²) in [5, 5.41) is 12.9. The van der Waals surface area contributed by atoms with Gasteiger partial charge in [-0.15, -0.1) is 0 Å². The van der Waals surface area contributed by atoms with Crippen molar-refractivity contribution in [2.24, 2.45) is 5.41 Å². The lowest BCUT2D eigenvalue weighted by molar-refractivity contribution is -0.152. The van der Waals surface area contributed by atoms with Gasteiger partial charge in [0.1, 0.15) is 0 Å². The number of nitrogens with zero attached hydrogens (tertiary/aromatic N) is 2. The van der Waals surface area contributed by atoms with E-state index >= 15 is 0 Å². The minimum absolute atomic E-state index is 0.240. The number of rotatable bonds is 5. The van der Waals surface area contributed by atoms with Gasteiger partial charge in [0.2, 0.25) is 0 Å². The summed E-state index contributed by atoms with van der Waals surface area (Å²) in [6.45, 7) is 3.84. The van der Waals surface area contributed by atoms with Crippen LogP contribution in [0.5, 0.6) is 0 Å². The van der Waals surface area contributed by atoms with Crippen LogP contribution in [0.15, 0.2) is 48.5 Å². The minimum Gasteiger partial charge on any atom is -0.465 e. The van der Waals surface area contributed by atoms with Crippen LogP contribution in [-0.2, 0) is 16.0 Å². The lowest BCUT2D eigenvalue weighted by Crippen LogP contribution is -2.33. The molecule has 0 bridgehead atoms. The number of benzene rings is 2. The molecule has 1 unspecified atom stereocenters. The minimum atomic E-state index is -1.21. The molecule has 3 aromatic rings. The number of ether oxygens (including phenoxy) is 1. The van der Waals surface area contributed by atoms with E-state index in [9.17, 15) is 10.1 Å². The third kappa shape index (κ3) is 2.94. The smallest absolute Gasteiger partial charge is 0.326 e. The number of aromatic nitrogens is 1. The van der Waals surface area contributed by atoms with Crippen molar-refractivity contribution in [1.82, 2.24) is 4.98 Å². The first-order chi connectivity index (χ1) is 12.1. The van der Waals surface area contributed by atoms with Gasteiger partial charge in [0.05, 0.1) is 23.9 Å². The zero-order valence-corrected chi connectivity index (χ0v) is 14.5. The van der Waals surface area contributed by atoms with Crippen molar-refractivity contribution in [3.05, 3.63) is 54.2 Å². The average molecular weight is 332 g/mol. The monoisotopic (exact) mass is 332 g/mol. The molecule has 0 saturated heterocycles. The fourth-order valence-corrected chi connectivity index (χ4v) is 3.17. The first-order valence-corrected chi connectivity index (χ1v) is 8.50. The summed E-state index contributed by atoms with van der Waals surface area (Å²) in [6.07, 6.45) is 0.620. The predicted octanol–water partition coefficient (Wildman–Crippen LogP) is 4.41. The number of fused-ring (bicyclic) bond motifs is 3. The SMILES string of the molecule is CCOC(=O)C(C#N)(CC)Cc1nc2ccccc2c2ccccc12. The molecule has 25 heavy (non-hydrogen) atoms. The topological polar surface area (TPSA) is 63.0 Å². The molecule has 0 saturated carbocycles. The van der Waals surface area contributed by atoms with Crippen LogP contribution in [0.1, 0.15) is 26.0 Å². The molecular formula is C21H20N2O2. The second-order valence-corrected chi connectivity index (χ2v) is 6.07. The van der Waals surface area contributed by atoms with Crippen LogP contribution in [0.25, 0.3) is 21.7 Å². The first kappa shape index (κ1) is 16.9. The molecule has 0 amide bonds. The van der Waals surface area contributed by atoms with Gasteiger partial charge < -0.3 is 4.74 Å². The van der Waals surface area contributed by atoms with Gasteiger partial charge >= 0.3 is 5.97 Å². The number of pyridine rings is 1. The normalized spacial score (nSPS) is 13.3. The number of hydrogen-bond acceptors (Lipinski definition) is 4. The number of hydrogen-bond donors (Lipinski definition) is 0. The zero-order chi connectivity index (χ0) is 17.9. The molecule has 4 heteroatoms. The third-order valence-corrected chi connectivity index (χ3v) is 4.64. The van der Waals surface area contributed by atoms with Crippen LogP contribution in [0.2, 0.25) is 0 Å². The Kier molecular flexibility index (Phi) is 4.67. The van der Waals surface area contributed by atoms with Crippen LogP contribution in [0.4, 0.5) is 0 Å². The number of carbonyl (C=O) groups is 1. The summed E-state index contributed by atoms with van der Waals surface area (Å²) < 4.78 is 5.17. The lowest BCUT2D eigenvalue weighted by atomic mass is 9.81. The van der Waals surface area contributed by atoms with Gasteiger partial charge in [-0.1, -0.05) is 49.4 Å². The molecule has 126 valence electrons. The van der Waals surface area contributed by atoms with E-state index in [0.29, 0.717) is 6.42 Å². The number of carbonyl (C=O) groups excluding carboxylic acids is 1. The van der Waals surface area contributed by atoms with Crippen molar-refractivity contribution in [3.8, 4) is 6.07 Å². The highest BCUT2D eigenvalue weighted by atomic mass is 16.5. The molecule has 0 spiro atoms. The quantitative estimate of drug-likeness (QED) is 0.513. The maximum atomic E-state index is 12.5. The van der Waals surface area contributed by atoms with E-state index in [2.05, 4.69) is 6.07 Å². The maximum Gasteiger partial charge on any atom is 0.326 e. The molecule has 1 atom stereocenters. The summed E-state index contributed by atoms with van der Waals surface area (Å²) in [7, 11) is 0.